The molecular formula is C16H23N3O2. The molecule has 0 spiro atoms. The molecule has 0 saturated heterocycles. The molecule has 3 N–H and O–H groups in total. The summed E-state index contributed by atoms with van der Waals surface area (Å²) in [6.07, 6.45) is 2.47. The Morgan fingerprint density at radius 1 is 1.10 bits per heavy atom. The van der Waals surface area contributed by atoms with Crippen LogP contribution in [0.15, 0.2) is 24.3 Å². The highest BCUT2D eigenvalue weighted by Gasteiger charge is 2.21. The van der Waals surface area contributed by atoms with E-state index in [1.807, 2.05) is 31.2 Å². The van der Waals surface area contributed by atoms with E-state index in [1.165, 1.54) is 12.8 Å². The van der Waals surface area contributed by atoms with Gasteiger partial charge in [-0.15, -0.1) is 0 Å². The first-order chi connectivity index (χ1) is 10.1. The van der Waals surface area contributed by atoms with Crippen LogP contribution >= 0.6 is 0 Å². The Hall–Kier alpha value is -1.88. The molecule has 1 aliphatic rings. The zero-order chi connectivity index (χ0) is 15.1. The number of benzene rings is 1. The smallest absolute Gasteiger partial charge is 0.251 e. The molecule has 114 valence electrons. The van der Waals surface area contributed by atoms with Crippen molar-refractivity contribution in [1.82, 2.24) is 16.0 Å². The molecule has 0 atom stereocenters. The maximum atomic E-state index is 11.8. The Kier molecular flexibility index (Phi) is 5.75. The minimum Gasteiger partial charge on any atom is -0.355 e. The first kappa shape index (κ1) is 15.5. The SMILES string of the molecule is Cc1ccc(C(=O)NCCNCC(=O)NCC2CC2)cc1. The van der Waals surface area contributed by atoms with E-state index in [0.29, 0.717) is 31.1 Å². The summed E-state index contributed by atoms with van der Waals surface area (Å²) in [5, 5.41) is 8.72. The number of rotatable bonds is 8. The second kappa shape index (κ2) is 7.78. The molecule has 5 heteroatoms. The van der Waals surface area contributed by atoms with E-state index in [-0.39, 0.29) is 11.8 Å². The lowest BCUT2D eigenvalue weighted by Crippen LogP contribution is -2.38. The van der Waals surface area contributed by atoms with E-state index in [1.54, 1.807) is 0 Å². The summed E-state index contributed by atoms with van der Waals surface area (Å²) in [7, 11) is 0. The summed E-state index contributed by atoms with van der Waals surface area (Å²) in [4.78, 5) is 23.3. The number of carbonyl (C=O) groups is 2. The quantitative estimate of drug-likeness (QED) is 0.621. The van der Waals surface area contributed by atoms with Crippen molar-refractivity contribution >= 4 is 11.8 Å². The summed E-state index contributed by atoms with van der Waals surface area (Å²) < 4.78 is 0. The van der Waals surface area contributed by atoms with Gasteiger partial charge in [-0.1, -0.05) is 17.7 Å². The fourth-order valence-corrected chi connectivity index (χ4v) is 1.92. The van der Waals surface area contributed by atoms with Gasteiger partial charge in [-0.2, -0.15) is 0 Å². The Morgan fingerprint density at radius 2 is 1.81 bits per heavy atom. The number of hydrogen-bond acceptors (Lipinski definition) is 3. The predicted octanol–water partition coefficient (Wildman–Crippen LogP) is 0.841. The first-order valence-electron chi connectivity index (χ1n) is 7.47. The van der Waals surface area contributed by atoms with Crippen LogP contribution in [0, 0.1) is 12.8 Å². The minimum absolute atomic E-state index is 0.0201. The van der Waals surface area contributed by atoms with Crippen molar-refractivity contribution in [2.75, 3.05) is 26.2 Å². The topological polar surface area (TPSA) is 70.2 Å². The lowest BCUT2D eigenvalue weighted by molar-refractivity contribution is -0.120. The van der Waals surface area contributed by atoms with Gasteiger partial charge in [-0.25, -0.2) is 0 Å². The Bertz CT molecular complexity index is 481. The largest absolute Gasteiger partial charge is 0.355 e. The molecule has 2 amide bonds. The van der Waals surface area contributed by atoms with E-state index < -0.39 is 0 Å². The van der Waals surface area contributed by atoms with Crippen molar-refractivity contribution in [2.45, 2.75) is 19.8 Å². The molecule has 1 aliphatic carbocycles. The first-order valence-corrected chi connectivity index (χ1v) is 7.47. The molecule has 1 fully saturated rings. The summed E-state index contributed by atoms with van der Waals surface area (Å²) >= 11 is 0. The van der Waals surface area contributed by atoms with Gasteiger partial charge in [-0.3, -0.25) is 9.59 Å². The molecule has 21 heavy (non-hydrogen) atoms. The van der Waals surface area contributed by atoms with Crippen LogP contribution in [-0.2, 0) is 4.79 Å². The van der Waals surface area contributed by atoms with E-state index in [4.69, 9.17) is 0 Å². The van der Waals surface area contributed by atoms with Crippen LogP contribution in [0.4, 0.5) is 0 Å². The van der Waals surface area contributed by atoms with E-state index in [9.17, 15) is 9.59 Å². The normalized spacial score (nSPS) is 13.8. The average molecular weight is 289 g/mol. The summed E-state index contributed by atoms with van der Waals surface area (Å²) in [5.41, 5.74) is 1.79. The zero-order valence-electron chi connectivity index (χ0n) is 12.4. The monoisotopic (exact) mass is 289 g/mol. The Morgan fingerprint density at radius 3 is 2.48 bits per heavy atom. The zero-order valence-corrected chi connectivity index (χ0v) is 12.4. The standard InChI is InChI=1S/C16H23N3O2/c1-12-2-6-14(7-3-12)16(21)18-9-8-17-11-15(20)19-10-13-4-5-13/h2-3,6-7,13,17H,4-5,8-11H2,1H3,(H,18,21)(H,19,20). The maximum Gasteiger partial charge on any atom is 0.251 e. The molecule has 0 heterocycles. The molecule has 0 bridgehead atoms. The Labute approximate surface area is 125 Å². The molecule has 0 aromatic heterocycles. The number of hydrogen-bond donors (Lipinski definition) is 3. The molecule has 0 aliphatic heterocycles. The number of carbonyl (C=O) groups excluding carboxylic acids is 2. The number of aryl methyl sites for hydroxylation is 1. The van der Waals surface area contributed by atoms with Crippen LogP contribution in [0.3, 0.4) is 0 Å². The summed E-state index contributed by atoms with van der Waals surface area (Å²) in [6.45, 7) is 4.16. The van der Waals surface area contributed by atoms with Crippen LogP contribution in [-0.4, -0.2) is 38.0 Å². The van der Waals surface area contributed by atoms with Crippen molar-refractivity contribution in [2.24, 2.45) is 5.92 Å². The van der Waals surface area contributed by atoms with Crippen LogP contribution in [0.1, 0.15) is 28.8 Å². The fourth-order valence-electron chi connectivity index (χ4n) is 1.92. The van der Waals surface area contributed by atoms with Crippen LogP contribution in [0.5, 0.6) is 0 Å². The second-order valence-corrected chi connectivity index (χ2v) is 5.55. The molecule has 0 unspecified atom stereocenters. The maximum absolute atomic E-state index is 11.8. The van der Waals surface area contributed by atoms with Gasteiger partial charge < -0.3 is 16.0 Å². The molecular weight excluding hydrogens is 266 g/mol. The van der Waals surface area contributed by atoms with Gasteiger partial charge in [0.15, 0.2) is 0 Å². The molecule has 0 radical (unpaired) electrons. The number of nitrogens with one attached hydrogen (secondary N) is 3. The van der Waals surface area contributed by atoms with Crippen LogP contribution < -0.4 is 16.0 Å². The predicted molar refractivity (Wildman–Crippen MR) is 82.1 cm³/mol. The highest BCUT2D eigenvalue weighted by Crippen LogP contribution is 2.27. The Balaban J connectivity index is 1.53. The summed E-state index contributed by atoms with van der Waals surface area (Å²) in [6, 6.07) is 7.45. The van der Waals surface area contributed by atoms with Crippen LogP contribution in [0.25, 0.3) is 0 Å². The molecule has 1 aromatic rings. The van der Waals surface area contributed by atoms with Crippen molar-refractivity contribution in [3.63, 3.8) is 0 Å². The fraction of sp³-hybridized carbons (Fsp3) is 0.500. The van der Waals surface area contributed by atoms with Gasteiger partial charge in [-0.05, 0) is 37.8 Å². The van der Waals surface area contributed by atoms with E-state index in [2.05, 4.69) is 16.0 Å². The highest BCUT2D eigenvalue weighted by atomic mass is 16.2. The van der Waals surface area contributed by atoms with Gasteiger partial charge >= 0.3 is 0 Å². The van der Waals surface area contributed by atoms with E-state index in [0.717, 1.165) is 12.1 Å². The third-order valence-corrected chi connectivity index (χ3v) is 3.47. The van der Waals surface area contributed by atoms with Gasteiger partial charge in [0.1, 0.15) is 0 Å². The minimum atomic E-state index is -0.0880. The number of amides is 2. The lowest BCUT2D eigenvalue weighted by Gasteiger charge is -2.08. The molecule has 2 rings (SSSR count). The van der Waals surface area contributed by atoms with Gasteiger partial charge in [0.05, 0.1) is 6.54 Å². The highest BCUT2D eigenvalue weighted by molar-refractivity contribution is 5.94. The average Bonchev–Trinajstić information content (AvgIpc) is 3.29. The summed E-state index contributed by atoms with van der Waals surface area (Å²) in [5.74, 6) is 0.629. The van der Waals surface area contributed by atoms with Gasteiger partial charge in [0, 0.05) is 25.2 Å². The molecule has 5 nitrogen and oxygen atoms in total. The van der Waals surface area contributed by atoms with Crippen LogP contribution in [0.2, 0.25) is 0 Å². The van der Waals surface area contributed by atoms with Crippen molar-refractivity contribution in [1.29, 1.82) is 0 Å². The van der Waals surface area contributed by atoms with Crippen molar-refractivity contribution in [3.05, 3.63) is 35.4 Å². The van der Waals surface area contributed by atoms with Crippen molar-refractivity contribution < 1.29 is 9.59 Å². The molecule has 1 aromatic carbocycles. The lowest BCUT2D eigenvalue weighted by atomic mass is 10.1. The van der Waals surface area contributed by atoms with Gasteiger partial charge in [0.2, 0.25) is 5.91 Å². The van der Waals surface area contributed by atoms with E-state index >= 15 is 0 Å². The third-order valence-electron chi connectivity index (χ3n) is 3.47. The second-order valence-electron chi connectivity index (χ2n) is 5.55. The molecule has 1 saturated carbocycles. The van der Waals surface area contributed by atoms with Gasteiger partial charge in [0.25, 0.3) is 5.91 Å². The van der Waals surface area contributed by atoms with Crippen molar-refractivity contribution in [3.8, 4) is 0 Å². The third kappa shape index (κ3) is 5.95.